The van der Waals surface area contributed by atoms with E-state index in [0.717, 1.165) is 23.9 Å². The third kappa shape index (κ3) is 2.31. The number of pyridine rings is 1. The Morgan fingerprint density at radius 2 is 1.91 bits per heavy atom. The normalized spacial score (nSPS) is 15.3. The van der Waals surface area contributed by atoms with Gasteiger partial charge in [0.1, 0.15) is 5.69 Å². The molecule has 0 bridgehead atoms. The Hall–Kier alpha value is -2.60. The van der Waals surface area contributed by atoms with Crippen molar-refractivity contribution in [3.8, 4) is 11.3 Å². The van der Waals surface area contributed by atoms with Crippen LogP contribution in [-0.2, 0) is 0 Å². The summed E-state index contributed by atoms with van der Waals surface area (Å²) in [5, 5.41) is 14.3. The molecule has 4 rings (SSSR count). The van der Waals surface area contributed by atoms with E-state index in [0.29, 0.717) is 22.8 Å². The number of fused-ring (bicyclic) bond motifs is 1. The van der Waals surface area contributed by atoms with Crippen LogP contribution in [0.4, 0.5) is 5.69 Å². The molecule has 118 valence electrons. The van der Waals surface area contributed by atoms with Crippen molar-refractivity contribution in [1.29, 1.82) is 0 Å². The summed E-state index contributed by atoms with van der Waals surface area (Å²) in [7, 11) is 0. The molecule has 1 aliphatic rings. The van der Waals surface area contributed by atoms with E-state index in [9.17, 15) is 4.79 Å². The zero-order valence-corrected chi connectivity index (χ0v) is 12.6. The first-order valence-corrected chi connectivity index (χ1v) is 7.88. The molecule has 0 spiro atoms. The number of hydrogen-bond donors (Lipinski definition) is 3. The smallest absolute Gasteiger partial charge is 0.259 e. The van der Waals surface area contributed by atoms with Gasteiger partial charge in [0.05, 0.1) is 22.6 Å². The Balaban J connectivity index is 1.93. The van der Waals surface area contributed by atoms with Crippen molar-refractivity contribution < 1.29 is 5.21 Å². The fourth-order valence-corrected chi connectivity index (χ4v) is 3.43. The van der Waals surface area contributed by atoms with Gasteiger partial charge in [0.15, 0.2) is 0 Å². The number of aromatic amines is 1. The summed E-state index contributed by atoms with van der Waals surface area (Å²) in [4.78, 5) is 15.1. The first-order chi connectivity index (χ1) is 11.3. The number of H-pyrrole nitrogens is 1. The number of benzene rings is 1. The molecular formula is C17H18N4O2. The van der Waals surface area contributed by atoms with E-state index >= 15 is 0 Å². The zero-order valence-electron chi connectivity index (χ0n) is 12.6. The third-order valence-electron chi connectivity index (χ3n) is 4.59. The Kier molecular flexibility index (Phi) is 3.38. The highest BCUT2D eigenvalue weighted by Gasteiger charge is 2.23. The maximum Gasteiger partial charge on any atom is 0.259 e. The van der Waals surface area contributed by atoms with Crippen LogP contribution in [0.5, 0.6) is 0 Å². The fraction of sp³-hybridized carbons (Fsp3) is 0.294. The van der Waals surface area contributed by atoms with Crippen LogP contribution in [-0.4, -0.2) is 20.0 Å². The van der Waals surface area contributed by atoms with Crippen LogP contribution in [0.25, 0.3) is 22.2 Å². The molecule has 1 aromatic carbocycles. The molecule has 6 heteroatoms. The van der Waals surface area contributed by atoms with E-state index in [1.54, 1.807) is 18.3 Å². The lowest BCUT2D eigenvalue weighted by molar-refractivity contribution is 0.389. The van der Waals surface area contributed by atoms with E-state index in [4.69, 9.17) is 10.3 Å². The minimum Gasteiger partial charge on any atom is -0.328 e. The maximum atomic E-state index is 12.4. The Morgan fingerprint density at radius 1 is 1.17 bits per heavy atom. The van der Waals surface area contributed by atoms with E-state index < -0.39 is 0 Å². The van der Waals surface area contributed by atoms with E-state index in [-0.39, 0.29) is 5.56 Å². The van der Waals surface area contributed by atoms with Crippen LogP contribution >= 0.6 is 0 Å². The molecule has 0 saturated heterocycles. The fourth-order valence-electron chi connectivity index (χ4n) is 3.43. The number of aromatic nitrogens is 3. The highest BCUT2D eigenvalue weighted by Crippen LogP contribution is 2.34. The molecule has 2 aromatic heterocycles. The van der Waals surface area contributed by atoms with Crippen LogP contribution < -0.4 is 11.0 Å². The molecule has 1 saturated carbocycles. The maximum absolute atomic E-state index is 12.4. The van der Waals surface area contributed by atoms with Crippen molar-refractivity contribution in [1.82, 2.24) is 14.8 Å². The van der Waals surface area contributed by atoms with E-state index in [1.807, 2.05) is 22.9 Å². The topological polar surface area (TPSA) is 82.9 Å². The second-order valence-corrected chi connectivity index (χ2v) is 5.99. The predicted octanol–water partition coefficient (Wildman–Crippen LogP) is 3.31. The van der Waals surface area contributed by atoms with Gasteiger partial charge in [-0.2, -0.15) is 5.10 Å². The summed E-state index contributed by atoms with van der Waals surface area (Å²) in [5.41, 5.74) is 5.04. The number of anilines is 1. The predicted molar refractivity (Wildman–Crippen MR) is 88.7 cm³/mol. The lowest BCUT2D eigenvalue weighted by Gasteiger charge is -2.10. The van der Waals surface area contributed by atoms with Gasteiger partial charge in [0.2, 0.25) is 0 Å². The van der Waals surface area contributed by atoms with Crippen molar-refractivity contribution in [2.24, 2.45) is 0 Å². The van der Waals surface area contributed by atoms with E-state index in [2.05, 4.69) is 10.5 Å². The quantitative estimate of drug-likeness (QED) is 0.648. The first kappa shape index (κ1) is 14.0. The molecule has 0 aliphatic heterocycles. The molecule has 3 N–H and O–H groups in total. The highest BCUT2D eigenvalue weighted by molar-refractivity contribution is 5.92. The molecule has 3 aromatic rings. The number of rotatable bonds is 3. The van der Waals surface area contributed by atoms with Gasteiger partial charge in [0.25, 0.3) is 5.56 Å². The average Bonchev–Trinajstić information content (AvgIpc) is 3.23. The van der Waals surface area contributed by atoms with Gasteiger partial charge < -0.3 is 4.98 Å². The number of nitrogens with zero attached hydrogens (tertiary/aromatic N) is 2. The minimum atomic E-state index is -0.119. The van der Waals surface area contributed by atoms with Gasteiger partial charge >= 0.3 is 0 Å². The van der Waals surface area contributed by atoms with Crippen molar-refractivity contribution in [2.45, 2.75) is 31.7 Å². The van der Waals surface area contributed by atoms with Crippen LogP contribution in [0.1, 0.15) is 31.7 Å². The van der Waals surface area contributed by atoms with Crippen LogP contribution in [0, 0.1) is 0 Å². The minimum absolute atomic E-state index is 0.119. The van der Waals surface area contributed by atoms with Crippen LogP contribution in [0.2, 0.25) is 0 Å². The largest absolute Gasteiger partial charge is 0.328 e. The highest BCUT2D eigenvalue weighted by atomic mass is 16.5. The second-order valence-electron chi connectivity index (χ2n) is 5.99. The van der Waals surface area contributed by atoms with Gasteiger partial charge in [-0.15, -0.1) is 0 Å². The Labute approximate surface area is 132 Å². The first-order valence-electron chi connectivity index (χ1n) is 7.88. The summed E-state index contributed by atoms with van der Waals surface area (Å²) in [6.45, 7) is 0. The molecule has 23 heavy (non-hydrogen) atoms. The molecule has 0 unspecified atom stereocenters. The summed E-state index contributed by atoms with van der Waals surface area (Å²) >= 11 is 0. The molecule has 0 radical (unpaired) electrons. The third-order valence-corrected chi connectivity index (χ3v) is 4.59. The monoisotopic (exact) mass is 310 g/mol. The number of nitrogens with one attached hydrogen (secondary N) is 2. The van der Waals surface area contributed by atoms with Crippen molar-refractivity contribution in [3.05, 3.63) is 46.9 Å². The van der Waals surface area contributed by atoms with Crippen molar-refractivity contribution >= 4 is 16.6 Å². The van der Waals surface area contributed by atoms with Gasteiger partial charge in [-0.25, -0.2) is 0 Å². The molecule has 1 fully saturated rings. The van der Waals surface area contributed by atoms with Crippen LogP contribution in [0.15, 0.2) is 41.3 Å². The lowest BCUT2D eigenvalue weighted by Crippen LogP contribution is -2.08. The molecule has 6 nitrogen and oxygen atoms in total. The summed E-state index contributed by atoms with van der Waals surface area (Å²) in [6, 6.07) is 9.51. The van der Waals surface area contributed by atoms with Gasteiger partial charge in [0, 0.05) is 11.8 Å². The van der Waals surface area contributed by atoms with Crippen molar-refractivity contribution in [2.75, 3.05) is 5.48 Å². The standard InChI is InChI=1S/C17H18N4O2/c22-17-15-14(9-10-18-17)21(13-3-1-2-4-13)19-16(15)11-5-7-12(20-23)8-6-11/h5-10,13,20,23H,1-4H2,(H,18,22). The summed E-state index contributed by atoms with van der Waals surface area (Å²) < 4.78 is 2.02. The summed E-state index contributed by atoms with van der Waals surface area (Å²) in [6.07, 6.45) is 6.32. The SMILES string of the molecule is O=c1[nH]ccc2c1c(-c1ccc(NO)cc1)nn2C1CCCC1. The lowest BCUT2D eigenvalue weighted by atomic mass is 10.1. The van der Waals surface area contributed by atoms with E-state index in [1.165, 1.54) is 12.8 Å². The van der Waals surface area contributed by atoms with Crippen LogP contribution in [0.3, 0.4) is 0 Å². The van der Waals surface area contributed by atoms with Gasteiger partial charge in [-0.1, -0.05) is 25.0 Å². The zero-order chi connectivity index (χ0) is 15.8. The summed E-state index contributed by atoms with van der Waals surface area (Å²) in [5.74, 6) is 0. The Morgan fingerprint density at radius 3 is 2.61 bits per heavy atom. The average molecular weight is 310 g/mol. The van der Waals surface area contributed by atoms with Crippen molar-refractivity contribution in [3.63, 3.8) is 0 Å². The molecule has 1 aliphatic carbocycles. The number of hydrogen-bond acceptors (Lipinski definition) is 4. The van der Waals surface area contributed by atoms with Gasteiger partial charge in [-0.3, -0.25) is 20.2 Å². The van der Waals surface area contributed by atoms with Gasteiger partial charge in [-0.05, 0) is 31.0 Å². The second kappa shape index (κ2) is 5.55. The molecule has 0 atom stereocenters. The molecular weight excluding hydrogens is 292 g/mol. The Bertz CT molecular complexity index is 889. The molecule has 2 heterocycles. The molecule has 0 amide bonds.